The Bertz CT molecular complexity index is 251. The molecule has 0 radical (unpaired) electrons. The van der Waals surface area contributed by atoms with Crippen LogP contribution < -0.4 is 5.32 Å². The van der Waals surface area contributed by atoms with Gasteiger partial charge in [-0.3, -0.25) is 0 Å². The lowest BCUT2D eigenvalue weighted by Gasteiger charge is -2.02. The second-order valence-corrected chi connectivity index (χ2v) is 2.34. The van der Waals surface area contributed by atoms with Crippen LogP contribution in [0.1, 0.15) is 26.3 Å². The number of nitrogens with one attached hydrogen (secondary N) is 1. The third-order valence-electron chi connectivity index (χ3n) is 1.58. The molecule has 72 valence electrons. The fraction of sp³-hybridized carbons (Fsp3) is 0.333. The van der Waals surface area contributed by atoms with Crippen LogP contribution in [0.2, 0.25) is 0 Å². The van der Waals surface area contributed by atoms with E-state index in [-0.39, 0.29) is 0 Å². The molecule has 0 aromatic heterocycles. The maximum atomic E-state index is 3.13. The normalized spacial score (nSPS) is 9.23. The van der Waals surface area contributed by atoms with Gasteiger partial charge in [0.25, 0.3) is 0 Å². The van der Waals surface area contributed by atoms with Crippen LogP contribution in [0, 0.1) is 0 Å². The van der Waals surface area contributed by atoms with Crippen LogP contribution in [0.25, 0.3) is 6.08 Å². The summed E-state index contributed by atoms with van der Waals surface area (Å²) in [4.78, 5) is 0. The Morgan fingerprint density at radius 3 is 2.31 bits per heavy atom. The van der Waals surface area contributed by atoms with Gasteiger partial charge in [0.05, 0.1) is 0 Å². The van der Waals surface area contributed by atoms with Gasteiger partial charge in [0.2, 0.25) is 0 Å². The van der Waals surface area contributed by atoms with E-state index < -0.39 is 0 Å². The molecule has 0 spiro atoms. The van der Waals surface area contributed by atoms with Gasteiger partial charge in [-0.2, -0.15) is 0 Å². The average Bonchev–Trinajstić information content (AvgIpc) is 2.22. The number of benzene rings is 1. The van der Waals surface area contributed by atoms with Crippen molar-refractivity contribution in [2.24, 2.45) is 0 Å². The van der Waals surface area contributed by atoms with Crippen molar-refractivity contribution in [1.29, 1.82) is 0 Å². The Morgan fingerprint density at radius 2 is 1.77 bits per heavy atom. The smallest absolute Gasteiger partial charge is 0.0411 e. The van der Waals surface area contributed by atoms with E-state index in [1.807, 2.05) is 46.0 Å². The lowest BCUT2D eigenvalue weighted by Crippen LogP contribution is -1.89. The Morgan fingerprint density at radius 1 is 1.15 bits per heavy atom. The van der Waals surface area contributed by atoms with Crippen molar-refractivity contribution in [3.05, 3.63) is 35.9 Å². The van der Waals surface area contributed by atoms with Gasteiger partial charge in [-0.15, -0.1) is 0 Å². The van der Waals surface area contributed by atoms with Crippen LogP contribution in [0.15, 0.2) is 30.3 Å². The summed E-state index contributed by atoms with van der Waals surface area (Å²) in [5.74, 6) is 0. The monoisotopic (exact) mass is 177 g/mol. The quantitative estimate of drug-likeness (QED) is 0.724. The molecule has 1 N–H and O–H groups in total. The molecule has 0 aliphatic heterocycles. The Balaban J connectivity index is 0.000000671. The summed E-state index contributed by atoms with van der Waals surface area (Å²) in [6.07, 6.45) is 4.13. The molecule has 13 heavy (non-hydrogen) atoms. The average molecular weight is 177 g/mol. The Labute approximate surface area is 81.5 Å². The third kappa shape index (κ3) is 3.79. The van der Waals surface area contributed by atoms with Gasteiger partial charge in [0, 0.05) is 12.7 Å². The van der Waals surface area contributed by atoms with Crippen LogP contribution >= 0.6 is 0 Å². The van der Waals surface area contributed by atoms with Crippen LogP contribution in [0.3, 0.4) is 0 Å². The Hall–Kier alpha value is -1.24. The molecule has 1 rings (SSSR count). The highest BCUT2D eigenvalue weighted by atomic mass is 14.8. The SMILES string of the molecule is C/C=C/c1ccccc1NC.CC. The molecule has 0 atom stereocenters. The van der Waals surface area contributed by atoms with Gasteiger partial charge >= 0.3 is 0 Å². The maximum absolute atomic E-state index is 3.13. The fourth-order valence-electron chi connectivity index (χ4n) is 1.05. The number of para-hydroxylation sites is 1. The molecule has 0 amide bonds. The predicted molar refractivity (Wildman–Crippen MR) is 62.0 cm³/mol. The van der Waals surface area contributed by atoms with Crippen LogP contribution in [-0.2, 0) is 0 Å². The van der Waals surface area contributed by atoms with Crippen LogP contribution in [0.4, 0.5) is 5.69 Å². The molecule has 0 saturated heterocycles. The summed E-state index contributed by atoms with van der Waals surface area (Å²) in [5.41, 5.74) is 2.41. The zero-order valence-corrected chi connectivity index (χ0v) is 8.96. The van der Waals surface area contributed by atoms with Crippen molar-refractivity contribution >= 4 is 11.8 Å². The number of allylic oxidation sites excluding steroid dienone is 1. The van der Waals surface area contributed by atoms with Gasteiger partial charge in [0.1, 0.15) is 0 Å². The minimum absolute atomic E-state index is 1.17. The van der Waals surface area contributed by atoms with E-state index in [1.165, 1.54) is 11.3 Å². The minimum Gasteiger partial charge on any atom is -0.388 e. The number of hydrogen-bond donors (Lipinski definition) is 1. The van der Waals surface area contributed by atoms with Crippen molar-refractivity contribution in [2.45, 2.75) is 20.8 Å². The summed E-state index contributed by atoms with van der Waals surface area (Å²) >= 11 is 0. The van der Waals surface area contributed by atoms with Crippen LogP contribution in [0.5, 0.6) is 0 Å². The molecule has 0 aliphatic rings. The lowest BCUT2D eigenvalue weighted by molar-refractivity contribution is 1.49. The first-order chi connectivity index (χ1) is 6.38. The van der Waals surface area contributed by atoms with E-state index in [9.17, 15) is 0 Å². The molecule has 0 fully saturated rings. The second-order valence-electron chi connectivity index (χ2n) is 2.34. The molecule has 1 aromatic rings. The minimum atomic E-state index is 1.17. The first kappa shape index (κ1) is 11.8. The fourth-order valence-corrected chi connectivity index (χ4v) is 1.05. The summed E-state index contributed by atoms with van der Waals surface area (Å²) < 4.78 is 0. The molecule has 0 saturated carbocycles. The highest BCUT2D eigenvalue weighted by Crippen LogP contribution is 2.15. The highest BCUT2D eigenvalue weighted by Gasteiger charge is 1.91. The largest absolute Gasteiger partial charge is 0.388 e. The molecule has 1 aromatic carbocycles. The first-order valence-corrected chi connectivity index (χ1v) is 4.78. The highest BCUT2D eigenvalue weighted by molar-refractivity contribution is 5.65. The Kier molecular flexibility index (Phi) is 6.70. The lowest BCUT2D eigenvalue weighted by atomic mass is 10.1. The van der Waals surface area contributed by atoms with E-state index in [4.69, 9.17) is 0 Å². The summed E-state index contributed by atoms with van der Waals surface area (Å²) in [6, 6.07) is 8.22. The maximum Gasteiger partial charge on any atom is 0.0411 e. The first-order valence-electron chi connectivity index (χ1n) is 4.78. The molecular weight excluding hydrogens is 158 g/mol. The van der Waals surface area contributed by atoms with E-state index >= 15 is 0 Å². The van der Waals surface area contributed by atoms with Gasteiger partial charge in [-0.1, -0.05) is 44.2 Å². The number of rotatable bonds is 2. The van der Waals surface area contributed by atoms with Crippen molar-refractivity contribution in [1.82, 2.24) is 0 Å². The second kappa shape index (κ2) is 7.41. The van der Waals surface area contributed by atoms with E-state index in [1.54, 1.807) is 0 Å². The zero-order valence-electron chi connectivity index (χ0n) is 8.96. The van der Waals surface area contributed by atoms with Gasteiger partial charge in [-0.25, -0.2) is 0 Å². The molecule has 1 nitrogen and oxygen atoms in total. The summed E-state index contributed by atoms with van der Waals surface area (Å²) in [7, 11) is 1.93. The van der Waals surface area contributed by atoms with Crippen molar-refractivity contribution in [3.63, 3.8) is 0 Å². The molecule has 0 heterocycles. The topological polar surface area (TPSA) is 12.0 Å². The predicted octanol–water partition coefficient (Wildman–Crippen LogP) is 3.79. The van der Waals surface area contributed by atoms with Gasteiger partial charge in [0.15, 0.2) is 0 Å². The molecule has 1 heteroatoms. The summed E-state index contributed by atoms with van der Waals surface area (Å²) in [6.45, 7) is 6.02. The van der Waals surface area contributed by atoms with Crippen molar-refractivity contribution in [2.75, 3.05) is 12.4 Å². The van der Waals surface area contributed by atoms with Crippen LogP contribution in [-0.4, -0.2) is 7.05 Å². The zero-order chi connectivity index (χ0) is 10.1. The number of anilines is 1. The summed E-state index contributed by atoms with van der Waals surface area (Å²) in [5, 5.41) is 3.13. The van der Waals surface area contributed by atoms with E-state index in [0.29, 0.717) is 0 Å². The third-order valence-corrected chi connectivity index (χ3v) is 1.58. The molecule has 0 bridgehead atoms. The standard InChI is InChI=1S/C10H13N.C2H6/c1-3-6-9-7-4-5-8-10(9)11-2;1-2/h3-8,11H,1-2H3;1-2H3/b6-3+;. The van der Waals surface area contributed by atoms with Crippen molar-refractivity contribution in [3.8, 4) is 0 Å². The van der Waals surface area contributed by atoms with Gasteiger partial charge in [-0.05, 0) is 18.6 Å². The van der Waals surface area contributed by atoms with Crippen molar-refractivity contribution < 1.29 is 0 Å². The van der Waals surface area contributed by atoms with Gasteiger partial charge < -0.3 is 5.32 Å². The van der Waals surface area contributed by atoms with E-state index in [0.717, 1.165) is 0 Å². The number of hydrogen-bond acceptors (Lipinski definition) is 1. The molecule has 0 aliphatic carbocycles. The molecular formula is C12H19N. The van der Waals surface area contributed by atoms with E-state index in [2.05, 4.69) is 23.5 Å². The molecule has 0 unspecified atom stereocenters.